The maximum atomic E-state index is 13.3. The lowest BCUT2D eigenvalue weighted by atomic mass is 10.0. The van der Waals surface area contributed by atoms with E-state index < -0.39 is 19.9 Å². The van der Waals surface area contributed by atoms with E-state index in [2.05, 4.69) is 0 Å². The third kappa shape index (κ3) is 6.53. The summed E-state index contributed by atoms with van der Waals surface area (Å²) in [7, 11) is -6.83. The predicted octanol–water partition coefficient (Wildman–Crippen LogP) is 5.31. The third-order valence-corrected chi connectivity index (χ3v) is 8.50. The van der Waals surface area contributed by atoms with Gasteiger partial charge in [0.2, 0.25) is 10.0 Å². The SMILES string of the molecule is CC(C)CN([C@@H](C)c1ccc(-c2cccc(S(C)(=O)=O)c2)cc1)S(=O)(=O)Cc1ccccc1. The predicted molar refractivity (Wildman–Crippen MR) is 134 cm³/mol. The van der Waals surface area contributed by atoms with E-state index in [1.807, 2.05) is 81.4 Å². The Labute approximate surface area is 198 Å². The van der Waals surface area contributed by atoms with Gasteiger partial charge in [-0.3, -0.25) is 0 Å². The van der Waals surface area contributed by atoms with Gasteiger partial charge in [0, 0.05) is 18.8 Å². The van der Waals surface area contributed by atoms with E-state index in [1.54, 1.807) is 22.5 Å². The molecule has 176 valence electrons. The van der Waals surface area contributed by atoms with E-state index in [0.29, 0.717) is 6.54 Å². The summed E-state index contributed by atoms with van der Waals surface area (Å²) in [5.41, 5.74) is 3.32. The Morgan fingerprint density at radius 3 is 1.97 bits per heavy atom. The van der Waals surface area contributed by atoms with Crippen LogP contribution >= 0.6 is 0 Å². The van der Waals surface area contributed by atoms with E-state index in [-0.39, 0.29) is 22.6 Å². The monoisotopic (exact) mass is 485 g/mol. The van der Waals surface area contributed by atoms with Crippen molar-refractivity contribution in [1.29, 1.82) is 0 Å². The van der Waals surface area contributed by atoms with Crippen LogP contribution in [0.2, 0.25) is 0 Å². The van der Waals surface area contributed by atoms with Crippen molar-refractivity contribution in [1.82, 2.24) is 4.31 Å². The molecule has 3 rings (SSSR count). The molecule has 3 aromatic carbocycles. The summed E-state index contributed by atoms with van der Waals surface area (Å²) in [6.45, 7) is 6.35. The molecule has 0 saturated carbocycles. The highest BCUT2D eigenvalue weighted by Gasteiger charge is 2.29. The van der Waals surface area contributed by atoms with Gasteiger partial charge >= 0.3 is 0 Å². The summed E-state index contributed by atoms with van der Waals surface area (Å²) in [4.78, 5) is 0.271. The minimum Gasteiger partial charge on any atom is -0.224 e. The van der Waals surface area contributed by atoms with Gasteiger partial charge in [-0.15, -0.1) is 0 Å². The fraction of sp³-hybridized carbons (Fsp3) is 0.308. The van der Waals surface area contributed by atoms with E-state index >= 15 is 0 Å². The zero-order chi connectivity index (χ0) is 24.2. The first-order chi connectivity index (χ1) is 15.5. The van der Waals surface area contributed by atoms with Gasteiger partial charge in [-0.1, -0.05) is 80.6 Å². The van der Waals surface area contributed by atoms with Crippen molar-refractivity contribution < 1.29 is 16.8 Å². The Morgan fingerprint density at radius 1 is 0.758 bits per heavy atom. The maximum absolute atomic E-state index is 13.3. The van der Waals surface area contributed by atoms with Crippen LogP contribution in [0.1, 0.15) is 37.9 Å². The fourth-order valence-corrected chi connectivity index (χ4v) is 6.34. The van der Waals surface area contributed by atoms with Crippen LogP contribution in [0.3, 0.4) is 0 Å². The van der Waals surface area contributed by atoms with Crippen LogP contribution in [0, 0.1) is 5.92 Å². The number of hydrogen-bond acceptors (Lipinski definition) is 4. The van der Waals surface area contributed by atoms with Gasteiger partial charge < -0.3 is 0 Å². The molecule has 33 heavy (non-hydrogen) atoms. The molecule has 0 radical (unpaired) electrons. The number of sulfone groups is 1. The van der Waals surface area contributed by atoms with Gasteiger partial charge in [-0.25, -0.2) is 16.8 Å². The molecule has 0 aromatic heterocycles. The molecule has 5 nitrogen and oxygen atoms in total. The van der Waals surface area contributed by atoms with Gasteiger partial charge in [0.05, 0.1) is 10.6 Å². The molecule has 7 heteroatoms. The molecule has 0 bridgehead atoms. The summed E-state index contributed by atoms with van der Waals surface area (Å²) in [5.74, 6) is 0.136. The van der Waals surface area contributed by atoms with E-state index in [4.69, 9.17) is 0 Å². The Morgan fingerprint density at radius 2 is 1.39 bits per heavy atom. The molecular formula is C26H31NO4S2. The minimum absolute atomic E-state index is 0.0404. The van der Waals surface area contributed by atoms with Crippen molar-refractivity contribution >= 4 is 19.9 Å². The molecule has 0 aliphatic rings. The van der Waals surface area contributed by atoms with Gasteiger partial charge in [-0.2, -0.15) is 4.31 Å². The standard InChI is InChI=1S/C26H31NO4S2/c1-20(2)18-27(33(30,31)19-22-9-6-5-7-10-22)21(3)23-13-15-24(16-14-23)25-11-8-12-26(17-25)32(4,28)29/h5-17,20-21H,18-19H2,1-4H3/t21-/m0/s1. The minimum atomic E-state index is -3.54. The van der Waals surface area contributed by atoms with Crippen LogP contribution in [-0.4, -0.2) is 33.9 Å². The molecule has 1 atom stereocenters. The molecule has 0 spiro atoms. The molecule has 3 aromatic rings. The summed E-state index contributed by atoms with van der Waals surface area (Å²) in [5, 5.41) is 0. The molecule has 0 heterocycles. The van der Waals surface area contributed by atoms with Crippen LogP contribution in [0.25, 0.3) is 11.1 Å². The average Bonchev–Trinajstić information content (AvgIpc) is 2.77. The number of sulfonamides is 1. The van der Waals surface area contributed by atoms with Crippen LogP contribution in [0.4, 0.5) is 0 Å². The Bertz CT molecular complexity index is 1280. The second-order valence-electron chi connectivity index (χ2n) is 8.80. The molecule has 0 aliphatic heterocycles. The van der Waals surface area contributed by atoms with Crippen LogP contribution < -0.4 is 0 Å². The number of nitrogens with zero attached hydrogens (tertiary/aromatic N) is 1. The lowest BCUT2D eigenvalue weighted by molar-refractivity contribution is 0.308. The highest BCUT2D eigenvalue weighted by Crippen LogP contribution is 2.29. The van der Waals surface area contributed by atoms with Gasteiger partial charge in [-0.05, 0) is 47.2 Å². The Kier molecular flexibility index (Phi) is 7.77. The second-order valence-corrected chi connectivity index (χ2v) is 12.7. The van der Waals surface area contributed by atoms with Crippen LogP contribution in [0.5, 0.6) is 0 Å². The maximum Gasteiger partial charge on any atom is 0.218 e. The molecule has 0 aliphatic carbocycles. The summed E-state index contributed by atoms with van der Waals surface area (Å²) >= 11 is 0. The van der Waals surface area contributed by atoms with Crippen molar-refractivity contribution in [3.05, 3.63) is 90.0 Å². The molecule has 0 fully saturated rings. The number of rotatable bonds is 9. The zero-order valence-electron chi connectivity index (χ0n) is 19.5. The normalized spacial score (nSPS) is 13.4. The topological polar surface area (TPSA) is 71.5 Å². The van der Waals surface area contributed by atoms with Crippen molar-refractivity contribution in [3.63, 3.8) is 0 Å². The number of benzene rings is 3. The molecule has 0 saturated heterocycles. The van der Waals surface area contributed by atoms with E-state index in [0.717, 1.165) is 22.3 Å². The van der Waals surface area contributed by atoms with Gasteiger partial charge in [0.25, 0.3) is 0 Å². The first-order valence-electron chi connectivity index (χ1n) is 10.9. The number of hydrogen-bond donors (Lipinski definition) is 0. The first-order valence-corrected chi connectivity index (χ1v) is 14.4. The van der Waals surface area contributed by atoms with Gasteiger partial charge in [0.1, 0.15) is 0 Å². The zero-order valence-corrected chi connectivity index (χ0v) is 21.1. The Hall–Kier alpha value is -2.48. The lowest BCUT2D eigenvalue weighted by Gasteiger charge is -2.30. The molecule has 0 unspecified atom stereocenters. The first kappa shape index (κ1) is 25.1. The highest BCUT2D eigenvalue weighted by molar-refractivity contribution is 7.90. The van der Waals surface area contributed by atoms with Crippen LogP contribution in [0.15, 0.2) is 83.8 Å². The summed E-state index contributed by atoms with van der Waals surface area (Å²) < 4.78 is 52.0. The van der Waals surface area contributed by atoms with E-state index in [1.165, 1.54) is 6.26 Å². The smallest absolute Gasteiger partial charge is 0.218 e. The highest BCUT2D eigenvalue weighted by atomic mass is 32.2. The second kappa shape index (κ2) is 10.2. The van der Waals surface area contributed by atoms with Crippen molar-refractivity contribution in [2.75, 3.05) is 12.8 Å². The molecule has 0 amide bonds. The van der Waals surface area contributed by atoms with Crippen molar-refractivity contribution in [2.45, 2.75) is 37.5 Å². The third-order valence-electron chi connectivity index (χ3n) is 5.51. The lowest BCUT2D eigenvalue weighted by Crippen LogP contribution is -2.37. The van der Waals surface area contributed by atoms with Crippen molar-refractivity contribution in [3.8, 4) is 11.1 Å². The molecular weight excluding hydrogens is 454 g/mol. The summed E-state index contributed by atoms with van der Waals surface area (Å²) in [6.07, 6.45) is 1.19. The fourth-order valence-electron chi connectivity index (χ4n) is 3.77. The quantitative estimate of drug-likeness (QED) is 0.412. The Balaban J connectivity index is 1.89. The van der Waals surface area contributed by atoms with E-state index in [9.17, 15) is 16.8 Å². The van der Waals surface area contributed by atoms with Crippen LogP contribution in [-0.2, 0) is 25.6 Å². The largest absolute Gasteiger partial charge is 0.224 e. The summed E-state index contributed by atoms with van der Waals surface area (Å²) in [6, 6.07) is 23.4. The molecule has 0 N–H and O–H groups in total. The van der Waals surface area contributed by atoms with Gasteiger partial charge in [0.15, 0.2) is 9.84 Å². The average molecular weight is 486 g/mol. The van der Waals surface area contributed by atoms with Crippen molar-refractivity contribution in [2.24, 2.45) is 5.92 Å².